The Morgan fingerprint density at radius 3 is 3.00 bits per heavy atom. The Morgan fingerprint density at radius 2 is 2.36 bits per heavy atom. The van der Waals surface area contributed by atoms with E-state index in [2.05, 4.69) is 23.0 Å². The van der Waals surface area contributed by atoms with E-state index >= 15 is 0 Å². The highest BCUT2D eigenvalue weighted by Crippen LogP contribution is 2.34. The Bertz CT molecular complexity index is 264. The van der Waals surface area contributed by atoms with E-state index in [-0.39, 0.29) is 0 Å². The third kappa shape index (κ3) is 2.22. The summed E-state index contributed by atoms with van der Waals surface area (Å²) in [6.45, 7) is 3.62. The Morgan fingerprint density at radius 1 is 1.57 bits per heavy atom. The molecule has 1 aliphatic heterocycles. The molecule has 0 aromatic carbocycles. The van der Waals surface area contributed by atoms with Crippen molar-refractivity contribution in [2.75, 3.05) is 33.2 Å². The summed E-state index contributed by atoms with van der Waals surface area (Å²) in [6.07, 6.45) is 4.95. The van der Waals surface area contributed by atoms with Crippen LogP contribution in [0.1, 0.15) is 12.8 Å². The molecule has 1 aliphatic carbocycles. The number of nitrogens with two attached hydrogens (primary N) is 1. The molecule has 0 atom stereocenters. The second kappa shape index (κ2) is 4.24. The van der Waals surface area contributed by atoms with E-state index in [0.717, 1.165) is 32.1 Å². The minimum atomic E-state index is 0.736. The summed E-state index contributed by atoms with van der Waals surface area (Å²) >= 11 is 0. The topological polar surface area (TPSA) is 41.6 Å². The third-order valence-electron chi connectivity index (χ3n) is 2.84. The van der Waals surface area contributed by atoms with Gasteiger partial charge in [0.2, 0.25) is 0 Å². The summed E-state index contributed by atoms with van der Waals surface area (Å²) in [5.74, 6) is 0.787. The van der Waals surface area contributed by atoms with Crippen molar-refractivity contribution in [2.45, 2.75) is 12.8 Å². The van der Waals surface area contributed by atoms with Crippen molar-refractivity contribution in [3.63, 3.8) is 0 Å². The summed E-state index contributed by atoms with van der Waals surface area (Å²) in [5, 5.41) is 0. The highest BCUT2D eigenvalue weighted by atomic mass is 15.1. The molecule has 78 valence electrons. The molecule has 1 heterocycles. The number of likely N-dealkylation sites (N-methyl/N-ethyl adjacent to an activating group) is 1. The number of nitrogens with zero attached hydrogens (tertiary/aromatic N) is 2. The first-order valence-corrected chi connectivity index (χ1v) is 5.43. The average molecular weight is 193 g/mol. The van der Waals surface area contributed by atoms with E-state index in [1.165, 1.54) is 24.1 Å². The normalized spacial score (nSPS) is 21.4. The molecule has 14 heavy (non-hydrogen) atoms. The first-order chi connectivity index (χ1) is 6.81. The van der Waals surface area contributed by atoms with Crippen LogP contribution in [0.15, 0.2) is 16.6 Å². The van der Waals surface area contributed by atoms with Crippen LogP contribution in [0.4, 0.5) is 0 Å². The van der Waals surface area contributed by atoms with Gasteiger partial charge in [-0.15, -0.1) is 0 Å². The largest absolute Gasteiger partial charge is 0.329 e. The lowest BCUT2D eigenvalue weighted by atomic mass is 10.1. The van der Waals surface area contributed by atoms with Crippen LogP contribution in [0, 0.1) is 5.92 Å². The lowest BCUT2D eigenvalue weighted by Crippen LogP contribution is -2.29. The second-order valence-corrected chi connectivity index (χ2v) is 4.26. The molecule has 3 nitrogen and oxygen atoms in total. The molecule has 0 saturated heterocycles. The molecule has 2 rings (SSSR count). The molecule has 1 fully saturated rings. The van der Waals surface area contributed by atoms with Crippen molar-refractivity contribution in [3.05, 3.63) is 11.6 Å². The lowest BCUT2D eigenvalue weighted by Gasteiger charge is -2.17. The SMILES string of the molecule is CN(CCN)CC1=CCN=C1C1CC1. The first-order valence-electron chi connectivity index (χ1n) is 5.43. The maximum atomic E-state index is 5.52. The third-order valence-corrected chi connectivity index (χ3v) is 2.84. The zero-order chi connectivity index (χ0) is 9.97. The van der Waals surface area contributed by atoms with Crippen molar-refractivity contribution < 1.29 is 0 Å². The number of hydrogen-bond acceptors (Lipinski definition) is 3. The predicted octanol–water partition coefficient (Wildman–Crippen LogP) is 0.668. The molecular weight excluding hydrogens is 174 g/mol. The summed E-state index contributed by atoms with van der Waals surface area (Å²) in [7, 11) is 2.12. The molecule has 2 N–H and O–H groups in total. The molecule has 0 aromatic rings. The van der Waals surface area contributed by atoms with Gasteiger partial charge in [0.1, 0.15) is 0 Å². The Balaban J connectivity index is 1.88. The van der Waals surface area contributed by atoms with E-state index < -0.39 is 0 Å². The zero-order valence-electron chi connectivity index (χ0n) is 8.87. The maximum absolute atomic E-state index is 5.52. The van der Waals surface area contributed by atoms with Crippen molar-refractivity contribution in [3.8, 4) is 0 Å². The molecule has 0 bridgehead atoms. The molecule has 3 heteroatoms. The van der Waals surface area contributed by atoms with Crippen LogP contribution in [-0.2, 0) is 0 Å². The highest BCUT2D eigenvalue weighted by Gasteiger charge is 2.31. The van der Waals surface area contributed by atoms with Crippen LogP contribution in [0.3, 0.4) is 0 Å². The van der Waals surface area contributed by atoms with Crippen LogP contribution in [0.25, 0.3) is 0 Å². The van der Waals surface area contributed by atoms with Gasteiger partial charge < -0.3 is 10.6 Å². The van der Waals surface area contributed by atoms with Crippen molar-refractivity contribution in [1.82, 2.24) is 4.90 Å². The second-order valence-electron chi connectivity index (χ2n) is 4.26. The first kappa shape index (κ1) is 9.87. The number of aliphatic imine (C=N–C) groups is 1. The van der Waals surface area contributed by atoms with Gasteiger partial charge in [-0.3, -0.25) is 4.99 Å². The molecule has 0 unspecified atom stereocenters. The van der Waals surface area contributed by atoms with E-state index in [0.29, 0.717) is 0 Å². The zero-order valence-corrected chi connectivity index (χ0v) is 8.87. The van der Waals surface area contributed by atoms with Gasteiger partial charge in [-0.05, 0) is 25.5 Å². The van der Waals surface area contributed by atoms with Gasteiger partial charge in [0.05, 0.1) is 6.54 Å². The Labute approximate surface area is 85.7 Å². The van der Waals surface area contributed by atoms with Gasteiger partial charge in [0.15, 0.2) is 0 Å². The summed E-state index contributed by atoms with van der Waals surface area (Å²) in [5.41, 5.74) is 8.35. The standard InChI is InChI=1S/C11H19N3/c1-14(7-5-12)8-10-4-6-13-11(10)9-2-3-9/h4,9H,2-3,5-8,12H2,1H3. The van der Waals surface area contributed by atoms with E-state index in [1.807, 2.05) is 0 Å². The molecule has 0 aromatic heterocycles. The van der Waals surface area contributed by atoms with Gasteiger partial charge >= 0.3 is 0 Å². The predicted molar refractivity (Wildman–Crippen MR) is 59.7 cm³/mol. The molecule has 1 saturated carbocycles. The molecule has 2 aliphatic rings. The van der Waals surface area contributed by atoms with Gasteiger partial charge in [0.25, 0.3) is 0 Å². The van der Waals surface area contributed by atoms with Crippen LogP contribution >= 0.6 is 0 Å². The van der Waals surface area contributed by atoms with Crippen LogP contribution in [0.5, 0.6) is 0 Å². The van der Waals surface area contributed by atoms with Crippen LogP contribution in [0.2, 0.25) is 0 Å². The fourth-order valence-corrected chi connectivity index (χ4v) is 1.94. The van der Waals surface area contributed by atoms with Gasteiger partial charge in [0, 0.05) is 31.3 Å². The van der Waals surface area contributed by atoms with E-state index in [4.69, 9.17) is 5.73 Å². The van der Waals surface area contributed by atoms with Gasteiger partial charge in [-0.2, -0.15) is 0 Å². The Kier molecular flexibility index (Phi) is 2.99. The highest BCUT2D eigenvalue weighted by molar-refractivity contribution is 6.05. The molecule has 0 spiro atoms. The van der Waals surface area contributed by atoms with Crippen LogP contribution in [-0.4, -0.2) is 43.8 Å². The minimum Gasteiger partial charge on any atom is -0.329 e. The van der Waals surface area contributed by atoms with E-state index in [1.54, 1.807) is 0 Å². The molecule has 0 radical (unpaired) electrons. The summed E-state index contributed by atoms with van der Waals surface area (Å²) < 4.78 is 0. The quantitative estimate of drug-likeness (QED) is 0.697. The van der Waals surface area contributed by atoms with Gasteiger partial charge in [-0.1, -0.05) is 6.08 Å². The maximum Gasteiger partial charge on any atom is 0.0580 e. The Hall–Kier alpha value is -0.670. The molecular formula is C11H19N3. The monoisotopic (exact) mass is 193 g/mol. The van der Waals surface area contributed by atoms with E-state index in [9.17, 15) is 0 Å². The van der Waals surface area contributed by atoms with Crippen molar-refractivity contribution in [1.29, 1.82) is 0 Å². The number of rotatable bonds is 5. The average Bonchev–Trinajstić information content (AvgIpc) is 2.89. The smallest absolute Gasteiger partial charge is 0.0580 e. The van der Waals surface area contributed by atoms with Crippen molar-refractivity contribution in [2.24, 2.45) is 16.6 Å². The fraction of sp³-hybridized carbons (Fsp3) is 0.727. The fourth-order valence-electron chi connectivity index (χ4n) is 1.94. The molecule has 0 amide bonds. The van der Waals surface area contributed by atoms with Gasteiger partial charge in [-0.25, -0.2) is 0 Å². The van der Waals surface area contributed by atoms with Crippen molar-refractivity contribution >= 4 is 5.71 Å². The van der Waals surface area contributed by atoms with Crippen LogP contribution < -0.4 is 5.73 Å². The summed E-state index contributed by atoms with van der Waals surface area (Å²) in [6, 6.07) is 0. The number of hydrogen-bond donors (Lipinski definition) is 1. The minimum absolute atomic E-state index is 0.736. The lowest BCUT2D eigenvalue weighted by molar-refractivity contribution is 0.376. The summed E-state index contributed by atoms with van der Waals surface area (Å²) in [4.78, 5) is 6.83.